The minimum Gasteiger partial charge on any atom is -0.478 e. The summed E-state index contributed by atoms with van der Waals surface area (Å²) in [5, 5.41) is 9.22. The van der Waals surface area contributed by atoms with Crippen molar-refractivity contribution >= 4 is 11.7 Å². The van der Waals surface area contributed by atoms with E-state index in [-0.39, 0.29) is 5.56 Å². The predicted molar refractivity (Wildman–Crippen MR) is 79.0 cm³/mol. The molecule has 0 aromatic heterocycles. The first-order valence-corrected chi connectivity index (χ1v) is 6.27. The molecule has 4 nitrogen and oxygen atoms in total. The van der Waals surface area contributed by atoms with Crippen LogP contribution < -0.4 is 9.64 Å². The van der Waals surface area contributed by atoms with E-state index >= 15 is 0 Å². The SMILES string of the molecule is Cc1cccc(C(=O)O)c1Oc1cccc(N(C)C)c1. The molecule has 0 amide bonds. The lowest BCUT2D eigenvalue weighted by Gasteiger charge is -2.15. The summed E-state index contributed by atoms with van der Waals surface area (Å²) in [4.78, 5) is 13.2. The summed E-state index contributed by atoms with van der Waals surface area (Å²) in [7, 11) is 3.88. The number of carboxylic acids is 1. The molecule has 0 fully saturated rings. The monoisotopic (exact) mass is 271 g/mol. The largest absolute Gasteiger partial charge is 0.478 e. The number of hydrogen-bond acceptors (Lipinski definition) is 3. The molecule has 0 aliphatic heterocycles. The number of hydrogen-bond donors (Lipinski definition) is 1. The standard InChI is InChI=1S/C16H17NO3/c1-11-6-4-9-14(16(18)19)15(11)20-13-8-5-7-12(10-13)17(2)3/h4-10H,1-3H3,(H,18,19). The van der Waals surface area contributed by atoms with Crippen LogP contribution in [0.3, 0.4) is 0 Å². The molecule has 0 atom stereocenters. The highest BCUT2D eigenvalue weighted by atomic mass is 16.5. The van der Waals surface area contributed by atoms with Crippen molar-refractivity contribution in [3.05, 3.63) is 53.6 Å². The lowest BCUT2D eigenvalue weighted by Crippen LogP contribution is -2.08. The van der Waals surface area contributed by atoms with Gasteiger partial charge in [0.25, 0.3) is 0 Å². The number of anilines is 1. The van der Waals surface area contributed by atoms with E-state index in [1.807, 2.05) is 56.3 Å². The molecule has 0 aliphatic rings. The van der Waals surface area contributed by atoms with Crippen LogP contribution in [0, 0.1) is 6.92 Å². The minimum absolute atomic E-state index is 0.167. The zero-order valence-electron chi connectivity index (χ0n) is 11.8. The number of rotatable bonds is 4. The molecule has 2 rings (SSSR count). The summed E-state index contributed by atoms with van der Waals surface area (Å²) in [5.74, 6) is 0.0105. The Morgan fingerprint density at radius 2 is 1.85 bits per heavy atom. The molecule has 104 valence electrons. The number of nitrogens with zero attached hydrogens (tertiary/aromatic N) is 1. The number of benzene rings is 2. The summed E-state index contributed by atoms with van der Waals surface area (Å²) in [5.41, 5.74) is 1.95. The number of carbonyl (C=O) groups is 1. The van der Waals surface area contributed by atoms with Crippen LogP contribution in [0.15, 0.2) is 42.5 Å². The van der Waals surface area contributed by atoms with Crippen molar-refractivity contribution in [1.29, 1.82) is 0 Å². The van der Waals surface area contributed by atoms with Gasteiger partial charge in [0.05, 0.1) is 0 Å². The van der Waals surface area contributed by atoms with E-state index in [9.17, 15) is 9.90 Å². The highest BCUT2D eigenvalue weighted by Gasteiger charge is 2.14. The zero-order valence-corrected chi connectivity index (χ0v) is 11.8. The third-order valence-corrected chi connectivity index (χ3v) is 3.00. The van der Waals surface area contributed by atoms with E-state index < -0.39 is 5.97 Å². The topological polar surface area (TPSA) is 49.8 Å². The Labute approximate surface area is 118 Å². The number of carboxylic acid groups (broad SMARTS) is 1. The van der Waals surface area contributed by atoms with Crippen LogP contribution in [0.25, 0.3) is 0 Å². The summed E-state index contributed by atoms with van der Waals surface area (Å²) in [6, 6.07) is 12.6. The molecule has 0 saturated heterocycles. The number of para-hydroxylation sites is 1. The molecular weight excluding hydrogens is 254 g/mol. The van der Waals surface area contributed by atoms with Gasteiger partial charge < -0.3 is 14.7 Å². The molecule has 0 aliphatic carbocycles. The fourth-order valence-corrected chi connectivity index (χ4v) is 1.90. The highest BCUT2D eigenvalue weighted by Crippen LogP contribution is 2.30. The lowest BCUT2D eigenvalue weighted by molar-refractivity contribution is 0.0694. The molecule has 0 radical (unpaired) electrons. The van der Waals surface area contributed by atoms with Gasteiger partial charge in [-0.15, -0.1) is 0 Å². The van der Waals surface area contributed by atoms with Crippen molar-refractivity contribution < 1.29 is 14.6 Å². The second-order valence-electron chi connectivity index (χ2n) is 4.75. The Bertz CT molecular complexity index is 635. The molecule has 1 N–H and O–H groups in total. The van der Waals surface area contributed by atoms with Gasteiger partial charge in [-0.25, -0.2) is 4.79 Å². The van der Waals surface area contributed by atoms with Gasteiger partial charge in [0.15, 0.2) is 0 Å². The molecule has 0 heterocycles. The van der Waals surface area contributed by atoms with Gasteiger partial charge in [-0.3, -0.25) is 0 Å². The fourth-order valence-electron chi connectivity index (χ4n) is 1.90. The van der Waals surface area contributed by atoms with Crippen molar-refractivity contribution in [1.82, 2.24) is 0 Å². The van der Waals surface area contributed by atoms with Gasteiger partial charge in [-0.05, 0) is 30.7 Å². The summed E-state index contributed by atoms with van der Waals surface area (Å²) in [6.45, 7) is 1.83. The lowest BCUT2D eigenvalue weighted by atomic mass is 10.1. The van der Waals surface area contributed by atoms with Crippen LogP contribution in [-0.2, 0) is 0 Å². The Kier molecular flexibility index (Phi) is 3.94. The van der Waals surface area contributed by atoms with Crippen LogP contribution in [-0.4, -0.2) is 25.2 Å². The fraction of sp³-hybridized carbons (Fsp3) is 0.188. The van der Waals surface area contributed by atoms with Crippen molar-refractivity contribution in [2.75, 3.05) is 19.0 Å². The van der Waals surface area contributed by atoms with Gasteiger partial charge in [0.1, 0.15) is 17.1 Å². The molecule has 2 aromatic rings. The Balaban J connectivity index is 2.40. The molecule has 0 bridgehead atoms. The smallest absolute Gasteiger partial charge is 0.339 e. The number of aryl methyl sites for hydroxylation is 1. The minimum atomic E-state index is -0.993. The van der Waals surface area contributed by atoms with Gasteiger partial charge in [-0.2, -0.15) is 0 Å². The summed E-state index contributed by atoms with van der Waals surface area (Å²) < 4.78 is 5.78. The average molecular weight is 271 g/mol. The van der Waals surface area contributed by atoms with Gasteiger partial charge >= 0.3 is 5.97 Å². The summed E-state index contributed by atoms with van der Waals surface area (Å²) >= 11 is 0. The van der Waals surface area contributed by atoms with Crippen LogP contribution in [0.4, 0.5) is 5.69 Å². The third-order valence-electron chi connectivity index (χ3n) is 3.00. The predicted octanol–water partition coefficient (Wildman–Crippen LogP) is 3.55. The van der Waals surface area contributed by atoms with E-state index in [4.69, 9.17) is 4.74 Å². The van der Waals surface area contributed by atoms with Crippen molar-refractivity contribution in [2.45, 2.75) is 6.92 Å². The van der Waals surface area contributed by atoms with Crippen molar-refractivity contribution in [2.24, 2.45) is 0 Å². The van der Waals surface area contributed by atoms with Crippen LogP contribution in [0.1, 0.15) is 15.9 Å². The zero-order chi connectivity index (χ0) is 14.7. The first kappa shape index (κ1) is 13.9. The average Bonchev–Trinajstić information content (AvgIpc) is 2.41. The van der Waals surface area contributed by atoms with Gasteiger partial charge in [-0.1, -0.05) is 18.2 Å². The van der Waals surface area contributed by atoms with Crippen molar-refractivity contribution in [3.8, 4) is 11.5 Å². The Morgan fingerprint density at radius 1 is 1.15 bits per heavy atom. The molecule has 0 spiro atoms. The number of ether oxygens (including phenoxy) is 1. The molecule has 4 heteroatoms. The molecule has 20 heavy (non-hydrogen) atoms. The Hall–Kier alpha value is -2.49. The van der Waals surface area contributed by atoms with E-state index in [0.29, 0.717) is 11.5 Å². The number of aromatic carboxylic acids is 1. The first-order valence-electron chi connectivity index (χ1n) is 6.27. The van der Waals surface area contributed by atoms with Gasteiger partial charge in [0.2, 0.25) is 0 Å². The second-order valence-corrected chi connectivity index (χ2v) is 4.75. The maximum atomic E-state index is 11.3. The first-order chi connectivity index (χ1) is 9.49. The molecule has 2 aromatic carbocycles. The second kappa shape index (κ2) is 5.65. The third kappa shape index (κ3) is 2.91. The van der Waals surface area contributed by atoms with Crippen LogP contribution in [0.5, 0.6) is 11.5 Å². The quantitative estimate of drug-likeness (QED) is 0.923. The van der Waals surface area contributed by atoms with Gasteiger partial charge in [0, 0.05) is 25.8 Å². The van der Waals surface area contributed by atoms with Crippen LogP contribution in [0.2, 0.25) is 0 Å². The maximum absolute atomic E-state index is 11.3. The maximum Gasteiger partial charge on any atom is 0.339 e. The van der Waals surface area contributed by atoms with E-state index in [1.165, 1.54) is 0 Å². The van der Waals surface area contributed by atoms with Crippen LogP contribution >= 0.6 is 0 Å². The van der Waals surface area contributed by atoms with Crippen molar-refractivity contribution in [3.63, 3.8) is 0 Å². The Morgan fingerprint density at radius 3 is 2.50 bits per heavy atom. The van der Waals surface area contributed by atoms with E-state index in [2.05, 4.69) is 0 Å². The van der Waals surface area contributed by atoms with E-state index in [0.717, 1.165) is 11.3 Å². The summed E-state index contributed by atoms with van der Waals surface area (Å²) in [6.07, 6.45) is 0. The molecule has 0 unspecified atom stereocenters. The molecular formula is C16H17NO3. The van der Waals surface area contributed by atoms with E-state index in [1.54, 1.807) is 12.1 Å². The highest BCUT2D eigenvalue weighted by molar-refractivity contribution is 5.91. The molecule has 0 saturated carbocycles. The normalized spacial score (nSPS) is 10.2.